The first kappa shape index (κ1) is 35.0. The largest absolute Gasteiger partial charge is 1.00 e. The molecule has 192 valence electrons. The van der Waals surface area contributed by atoms with Gasteiger partial charge >= 0.3 is 41.5 Å². The number of unbranched alkanes of at least 4 members (excludes halogenated alkanes) is 14. The minimum absolute atomic E-state index is 0. The Hall–Kier alpha value is -0.150. The van der Waals surface area contributed by atoms with Crippen molar-refractivity contribution >= 4 is 22.1 Å². The van der Waals surface area contributed by atoms with Crippen LogP contribution in [-0.2, 0) is 19.7 Å². The Balaban J connectivity index is -0.00000480. The smallest absolute Gasteiger partial charge is 1.00 e. The van der Waals surface area contributed by atoms with Crippen LogP contribution in [0.15, 0.2) is 0 Å². The van der Waals surface area contributed by atoms with Gasteiger partial charge in [0.2, 0.25) is 4.75 Å². The Morgan fingerprint density at radius 2 is 1.09 bits per heavy atom. The first-order chi connectivity index (χ1) is 15.1. The Morgan fingerprint density at radius 1 is 0.727 bits per heavy atom. The van der Waals surface area contributed by atoms with E-state index in [1.165, 1.54) is 12.8 Å². The summed E-state index contributed by atoms with van der Waals surface area (Å²) >= 11 is 0. The van der Waals surface area contributed by atoms with E-state index in [1.54, 1.807) is 0 Å². The van der Waals surface area contributed by atoms with E-state index >= 15 is 0 Å². The van der Waals surface area contributed by atoms with Crippen molar-refractivity contribution in [3.8, 4) is 0 Å². The minimum atomic E-state index is -5.11. The Morgan fingerprint density at radius 3 is 1.42 bits per heavy atom. The number of hydrogen-bond acceptors (Lipinski definition) is 4. The van der Waals surface area contributed by atoms with Gasteiger partial charge in [0.25, 0.3) is 10.1 Å². The van der Waals surface area contributed by atoms with Gasteiger partial charge in [-0.2, -0.15) is 8.42 Å². The number of carbonyl (C=O) groups is 2. The molecule has 0 aliphatic carbocycles. The number of rotatable bonds is 22. The Labute approximate surface area is 225 Å². The van der Waals surface area contributed by atoms with Crippen molar-refractivity contribution in [1.29, 1.82) is 0 Å². The zero-order chi connectivity index (χ0) is 24.5. The standard InChI is InChI=1S/C24H46O7S.Na.H/c1-3-5-7-9-11-13-15-17-19-21(22(25)26)24(23(27)28,32(29,30)31)20-18-16-14-12-10-8-6-4-2;;/h21H,3-20H2,1-2H3,(H,25,26)(H,27,28)(H,29,30,31);;/q;+1;-1. The molecule has 33 heavy (non-hydrogen) atoms. The molecule has 0 rings (SSSR count). The van der Waals surface area contributed by atoms with Crippen molar-refractivity contribution in [3.63, 3.8) is 0 Å². The van der Waals surface area contributed by atoms with Gasteiger partial charge in [-0.1, -0.05) is 117 Å². The van der Waals surface area contributed by atoms with Crippen molar-refractivity contribution in [2.24, 2.45) is 5.92 Å². The summed E-state index contributed by atoms with van der Waals surface area (Å²) in [6.45, 7) is 4.27. The molecule has 9 heteroatoms. The van der Waals surface area contributed by atoms with E-state index in [1.807, 2.05) is 0 Å². The van der Waals surface area contributed by atoms with Crippen LogP contribution in [0.3, 0.4) is 0 Å². The van der Waals surface area contributed by atoms with E-state index in [2.05, 4.69) is 13.8 Å². The topological polar surface area (TPSA) is 129 Å². The molecule has 3 N–H and O–H groups in total. The van der Waals surface area contributed by atoms with Crippen LogP contribution in [0.4, 0.5) is 0 Å². The third kappa shape index (κ3) is 13.5. The number of aliphatic carboxylic acids is 2. The van der Waals surface area contributed by atoms with Gasteiger partial charge in [-0.3, -0.25) is 14.1 Å². The minimum Gasteiger partial charge on any atom is -1.00 e. The second kappa shape index (κ2) is 20.1. The molecule has 0 amide bonds. The normalized spacial score (nSPS) is 14.3. The van der Waals surface area contributed by atoms with E-state index < -0.39 is 32.7 Å². The molecule has 0 bridgehead atoms. The van der Waals surface area contributed by atoms with Crippen LogP contribution in [0.5, 0.6) is 0 Å². The molecular weight excluding hydrogens is 455 g/mol. The maximum absolute atomic E-state index is 12.2. The fourth-order valence-electron chi connectivity index (χ4n) is 4.41. The van der Waals surface area contributed by atoms with Gasteiger partial charge in [-0.15, -0.1) is 0 Å². The van der Waals surface area contributed by atoms with Crippen molar-refractivity contribution in [2.75, 3.05) is 0 Å². The summed E-state index contributed by atoms with van der Waals surface area (Å²) in [6, 6.07) is 0. The summed E-state index contributed by atoms with van der Waals surface area (Å²) in [7, 11) is -5.11. The fraction of sp³-hybridized carbons (Fsp3) is 0.917. The molecule has 0 aromatic carbocycles. The molecule has 0 aliphatic rings. The van der Waals surface area contributed by atoms with Gasteiger partial charge < -0.3 is 11.6 Å². The van der Waals surface area contributed by atoms with Crippen LogP contribution < -0.4 is 29.6 Å². The Kier molecular flexibility index (Phi) is 21.3. The molecule has 0 heterocycles. The first-order valence-electron chi connectivity index (χ1n) is 12.6. The maximum atomic E-state index is 12.2. The molecule has 0 radical (unpaired) electrons. The SMILES string of the molecule is CCCCCCCCCCC(C(=O)O)C(CCCCCCCCCC)(C(=O)O)S(=O)(=O)O.[H-].[Na+]. The third-order valence-corrected chi connectivity index (χ3v) is 8.02. The zero-order valence-electron chi connectivity index (χ0n) is 22.2. The predicted molar refractivity (Wildman–Crippen MR) is 129 cm³/mol. The second-order valence-corrected chi connectivity index (χ2v) is 10.7. The molecule has 0 saturated heterocycles. The maximum Gasteiger partial charge on any atom is 1.00 e. The molecule has 0 aromatic rings. The van der Waals surface area contributed by atoms with E-state index in [0.717, 1.165) is 70.6 Å². The molecule has 0 saturated carbocycles. The summed E-state index contributed by atoms with van der Waals surface area (Å²) in [5, 5.41) is 19.5. The summed E-state index contributed by atoms with van der Waals surface area (Å²) in [6.07, 6.45) is 14.4. The summed E-state index contributed by atoms with van der Waals surface area (Å²) in [5.41, 5.74) is 0. The fourth-order valence-corrected chi connectivity index (χ4v) is 5.61. The number of hydrogen-bond donors (Lipinski definition) is 3. The van der Waals surface area contributed by atoms with Crippen LogP contribution >= 0.6 is 0 Å². The average molecular weight is 503 g/mol. The number of carboxylic acids is 2. The molecule has 0 aromatic heterocycles. The molecule has 7 nitrogen and oxygen atoms in total. The first-order valence-corrected chi connectivity index (χ1v) is 14.0. The quantitative estimate of drug-likeness (QED) is 0.117. The van der Waals surface area contributed by atoms with Crippen LogP contribution in [0.2, 0.25) is 0 Å². The molecule has 2 unspecified atom stereocenters. The van der Waals surface area contributed by atoms with Gasteiger partial charge in [0.05, 0.1) is 5.92 Å². The molecule has 0 aliphatic heterocycles. The summed E-state index contributed by atoms with van der Waals surface area (Å²) in [5.74, 6) is -4.91. The monoisotopic (exact) mass is 502 g/mol. The van der Waals surface area contributed by atoms with Gasteiger partial charge in [0.15, 0.2) is 0 Å². The molecule has 2 atom stereocenters. The van der Waals surface area contributed by atoms with Crippen molar-refractivity contribution in [1.82, 2.24) is 0 Å². The van der Waals surface area contributed by atoms with Crippen LogP contribution in [0.25, 0.3) is 0 Å². The second-order valence-electron chi connectivity index (χ2n) is 9.05. The van der Waals surface area contributed by atoms with Gasteiger partial charge in [-0.05, 0) is 12.8 Å². The van der Waals surface area contributed by atoms with Gasteiger partial charge in [0.1, 0.15) is 0 Å². The molecular formula is C24H47NaO7S. The Bertz CT molecular complexity index is 631. The van der Waals surface area contributed by atoms with Crippen LogP contribution in [0.1, 0.15) is 131 Å². The predicted octanol–water partition coefficient (Wildman–Crippen LogP) is 3.58. The van der Waals surface area contributed by atoms with Crippen LogP contribution in [0, 0.1) is 5.92 Å². The van der Waals surface area contributed by atoms with E-state index in [9.17, 15) is 32.8 Å². The zero-order valence-corrected chi connectivity index (χ0v) is 24.0. The van der Waals surface area contributed by atoms with Crippen molar-refractivity contribution in [2.45, 2.75) is 134 Å². The summed E-state index contributed by atoms with van der Waals surface area (Å²) in [4.78, 5) is 24.0. The van der Waals surface area contributed by atoms with Gasteiger partial charge in [-0.25, -0.2) is 0 Å². The van der Waals surface area contributed by atoms with Crippen molar-refractivity contribution < 1.29 is 63.8 Å². The number of carboxylic acid groups (broad SMARTS) is 2. The average Bonchev–Trinajstić information content (AvgIpc) is 2.71. The molecule has 0 fully saturated rings. The van der Waals surface area contributed by atoms with E-state index in [4.69, 9.17) is 0 Å². The van der Waals surface area contributed by atoms with E-state index in [0.29, 0.717) is 12.8 Å². The molecule has 0 spiro atoms. The van der Waals surface area contributed by atoms with E-state index in [-0.39, 0.29) is 50.2 Å². The van der Waals surface area contributed by atoms with Gasteiger partial charge in [0, 0.05) is 0 Å². The van der Waals surface area contributed by atoms with Crippen LogP contribution in [-0.4, -0.2) is 39.9 Å². The summed E-state index contributed by atoms with van der Waals surface area (Å²) < 4.78 is 31.6. The third-order valence-electron chi connectivity index (χ3n) is 6.43. The van der Waals surface area contributed by atoms with Crippen molar-refractivity contribution in [3.05, 3.63) is 0 Å².